The molecule has 1 saturated carbocycles. The van der Waals surface area contributed by atoms with Gasteiger partial charge < -0.3 is 5.73 Å². The lowest BCUT2D eigenvalue weighted by molar-refractivity contribution is -0.132. The largest absolute Gasteiger partial charge is 0.398 e. The second-order valence-corrected chi connectivity index (χ2v) is 4.87. The van der Waals surface area contributed by atoms with Gasteiger partial charge >= 0.3 is 0 Å². The highest BCUT2D eigenvalue weighted by Gasteiger charge is 2.30. The van der Waals surface area contributed by atoms with Crippen LogP contribution in [0.25, 0.3) is 10.9 Å². The quantitative estimate of drug-likeness (QED) is 0.627. The lowest BCUT2D eigenvalue weighted by Crippen LogP contribution is -2.36. The van der Waals surface area contributed by atoms with Gasteiger partial charge in [0.1, 0.15) is 11.6 Å². The summed E-state index contributed by atoms with van der Waals surface area (Å²) in [5.74, 6) is -1.26. The van der Waals surface area contributed by atoms with E-state index in [4.69, 9.17) is 11.2 Å². The van der Waals surface area contributed by atoms with E-state index in [9.17, 15) is 14.4 Å². The molecular weight excluding hydrogens is 270 g/mol. The summed E-state index contributed by atoms with van der Waals surface area (Å²) < 4.78 is 32.2. The predicted octanol–water partition coefficient (Wildman–Crippen LogP) is 1.15. The molecule has 1 aromatic carbocycles. The first-order valence-electron chi connectivity index (χ1n) is 8.39. The van der Waals surface area contributed by atoms with Crippen LogP contribution in [0.2, 0.25) is 0 Å². The first-order valence-corrected chi connectivity index (χ1v) is 6.39. The van der Waals surface area contributed by atoms with E-state index in [1.165, 1.54) is 13.0 Å². The topological polar surface area (TPSA) is 95.0 Å². The standard InChI is InChI=1S/C15H15N3O3/c1-8-17-11-4-2-3-10(16)14(11)15(21)18(8)12-6-5-9(19)7-13(12)20/h2-4,12H,5-7,16H2,1H3/i3D,4D,5D2. The maximum atomic E-state index is 12.9. The van der Waals surface area contributed by atoms with Gasteiger partial charge in [0.15, 0.2) is 5.78 Å². The second-order valence-electron chi connectivity index (χ2n) is 4.87. The van der Waals surface area contributed by atoms with Crippen LogP contribution in [0, 0.1) is 6.92 Å². The Morgan fingerprint density at radius 1 is 1.43 bits per heavy atom. The van der Waals surface area contributed by atoms with Gasteiger partial charge in [-0.15, -0.1) is 0 Å². The number of hydrogen-bond acceptors (Lipinski definition) is 5. The van der Waals surface area contributed by atoms with Gasteiger partial charge in [-0.25, -0.2) is 4.98 Å². The van der Waals surface area contributed by atoms with Crippen LogP contribution in [-0.4, -0.2) is 21.1 Å². The van der Waals surface area contributed by atoms with Gasteiger partial charge in [0.25, 0.3) is 5.56 Å². The molecule has 1 aliphatic carbocycles. The number of benzene rings is 1. The lowest BCUT2D eigenvalue weighted by Gasteiger charge is -2.24. The molecule has 6 heteroatoms. The number of Topliss-reactive ketones (excluding diaryl/α,β-unsaturated/α-hetero) is 2. The Kier molecular flexibility index (Phi) is 2.16. The number of fused-ring (bicyclic) bond motifs is 1. The number of ketones is 2. The van der Waals surface area contributed by atoms with E-state index in [0.29, 0.717) is 0 Å². The third kappa shape index (κ3) is 2.12. The number of rotatable bonds is 1. The molecule has 0 bridgehead atoms. The number of carbonyl (C=O) groups is 2. The number of hydrogen-bond donors (Lipinski definition) is 1. The molecule has 1 atom stereocenters. The fraction of sp³-hybridized carbons (Fsp3) is 0.333. The first-order chi connectivity index (χ1) is 11.5. The summed E-state index contributed by atoms with van der Waals surface area (Å²) in [5, 5.41) is -0.145. The highest BCUT2D eigenvalue weighted by Crippen LogP contribution is 2.24. The normalized spacial score (nSPS) is 24.3. The zero-order valence-electron chi connectivity index (χ0n) is 15.3. The molecule has 0 amide bonds. The minimum atomic E-state index is -2.22. The van der Waals surface area contributed by atoms with Crippen molar-refractivity contribution in [1.29, 1.82) is 0 Å². The Hall–Kier alpha value is -2.50. The number of anilines is 1. The lowest BCUT2D eigenvalue weighted by atomic mass is 9.92. The van der Waals surface area contributed by atoms with Crippen molar-refractivity contribution in [3.05, 3.63) is 34.3 Å². The van der Waals surface area contributed by atoms with Crippen molar-refractivity contribution in [3.63, 3.8) is 0 Å². The summed E-state index contributed by atoms with van der Waals surface area (Å²) in [6, 6.07) is -0.342. The van der Waals surface area contributed by atoms with Crippen molar-refractivity contribution in [2.45, 2.75) is 32.2 Å². The Morgan fingerprint density at radius 2 is 2.19 bits per heavy atom. The van der Waals surface area contributed by atoms with Gasteiger partial charge in [0.05, 0.1) is 26.1 Å². The summed E-state index contributed by atoms with van der Waals surface area (Å²) in [7, 11) is 0. The molecule has 2 aromatic rings. The summed E-state index contributed by atoms with van der Waals surface area (Å²) >= 11 is 0. The van der Waals surface area contributed by atoms with Gasteiger partial charge in [0, 0.05) is 14.8 Å². The van der Waals surface area contributed by atoms with Crippen LogP contribution in [0.1, 0.15) is 36.6 Å². The third-order valence-electron chi connectivity index (χ3n) is 3.51. The molecule has 1 fully saturated rings. The maximum Gasteiger partial charge on any atom is 0.264 e. The summed E-state index contributed by atoms with van der Waals surface area (Å²) in [6.07, 6.45) is -3.28. The van der Waals surface area contributed by atoms with E-state index in [1.807, 2.05) is 0 Å². The van der Waals surface area contributed by atoms with Crippen LogP contribution < -0.4 is 11.3 Å². The fourth-order valence-corrected chi connectivity index (χ4v) is 2.51. The monoisotopic (exact) mass is 289 g/mol. The fourth-order valence-electron chi connectivity index (χ4n) is 2.51. The van der Waals surface area contributed by atoms with Gasteiger partial charge in [-0.2, -0.15) is 0 Å². The molecule has 1 aromatic heterocycles. The second kappa shape index (κ2) is 4.80. The summed E-state index contributed by atoms with van der Waals surface area (Å²) in [4.78, 5) is 41.0. The van der Waals surface area contributed by atoms with E-state index in [1.54, 1.807) is 0 Å². The van der Waals surface area contributed by atoms with Crippen molar-refractivity contribution >= 4 is 28.2 Å². The Balaban J connectivity index is 2.31. The molecule has 2 N–H and O–H groups in total. The summed E-state index contributed by atoms with van der Waals surface area (Å²) in [6.45, 7) is 1.46. The van der Waals surface area contributed by atoms with Crippen LogP contribution in [0.3, 0.4) is 0 Å². The van der Waals surface area contributed by atoms with E-state index >= 15 is 0 Å². The third-order valence-corrected chi connectivity index (χ3v) is 3.51. The smallest absolute Gasteiger partial charge is 0.264 e. The number of nitrogens with two attached hydrogens (primary N) is 1. The number of nitrogen functional groups attached to an aromatic ring is 1. The average Bonchev–Trinajstić information content (AvgIpc) is 2.49. The zero-order valence-corrected chi connectivity index (χ0v) is 11.3. The van der Waals surface area contributed by atoms with Gasteiger partial charge in [0.2, 0.25) is 0 Å². The number of aryl methyl sites for hydroxylation is 1. The van der Waals surface area contributed by atoms with Gasteiger partial charge in [-0.1, -0.05) is 6.07 Å². The molecule has 0 aliphatic heterocycles. The van der Waals surface area contributed by atoms with E-state index < -0.39 is 42.4 Å². The predicted molar refractivity (Wildman–Crippen MR) is 78.1 cm³/mol. The van der Waals surface area contributed by atoms with Crippen molar-refractivity contribution < 1.29 is 15.1 Å². The zero-order chi connectivity index (χ0) is 18.7. The molecule has 0 spiro atoms. The number of carbonyl (C=O) groups excluding carboxylic acids is 2. The van der Waals surface area contributed by atoms with Crippen LogP contribution in [0.4, 0.5) is 5.69 Å². The van der Waals surface area contributed by atoms with Crippen LogP contribution in [0.15, 0.2) is 22.9 Å². The molecule has 3 rings (SSSR count). The number of nitrogens with zero attached hydrogens (tertiary/aromatic N) is 2. The van der Waals surface area contributed by atoms with E-state index in [-0.39, 0.29) is 34.5 Å². The Bertz CT molecular complexity index is 1000. The van der Waals surface area contributed by atoms with Crippen LogP contribution >= 0.6 is 0 Å². The van der Waals surface area contributed by atoms with Gasteiger partial charge in [-0.3, -0.25) is 19.0 Å². The van der Waals surface area contributed by atoms with Crippen molar-refractivity contribution in [2.24, 2.45) is 0 Å². The molecular formula is C15H15N3O3. The Morgan fingerprint density at radius 3 is 2.95 bits per heavy atom. The van der Waals surface area contributed by atoms with E-state index in [2.05, 4.69) is 4.98 Å². The molecule has 1 aliphatic rings. The SMILES string of the molecule is [2H]c1cc([2H])c2nc(C)n(C3CC([2H])([2H])C(=O)CC3=O)c(=O)c2c1N. The molecule has 1 unspecified atom stereocenters. The molecule has 1 heterocycles. The molecule has 0 radical (unpaired) electrons. The average molecular weight is 289 g/mol. The van der Waals surface area contributed by atoms with Crippen LogP contribution in [-0.2, 0) is 9.59 Å². The van der Waals surface area contributed by atoms with Crippen molar-refractivity contribution in [1.82, 2.24) is 9.55 Å². The highest BCUT2D eigenvalue weighted by atomic mass is 16.2. The molecule has 108 valence electrons. The van der Waals surface area contributed by atoms with Crippen molar-refractivity contribution in [2.75, 3.05) is 5.73 Å². The maximum absolute atomic E-state index is 12.9. The Labute approximate surface area is 126 Å². The summed E-state index contributed by atoms with van der Waals surface area (Å²) in [5.41, 5.74) is 4.96. The first kappa shape index (κ1) is 9.44. The van der Waals surface area contributed by atoms with Crippen LogP contribution in [0.5, 0.6) is 0 Å². The molecule has 6 nitrogen and oxygen atoms in total. The van der Waals surface area contributed by atoms with Gasteiger partial charge in [-0.05, 0) is 25.4 Å². The van der Waals surface area contributed by atoms with E-state index in [0.717, 1.165) is 4.57 Å². The van der Waals surface area contributed by atoms with Crippen molar-refractivity contribution in [3.8, 4) is 0 Å². The highest BCUT2D eigenvalue weighted by molar-refractivity contribution is 6.03. The minimum absolute atomic E-state index is 0.0228. The number of aromatic nitrogens is 2. The minimum Gasteiger partial charge on any atom is -0.398 e. The molecule has 21 heavy (non-hydrogen) atoms. The molecule has 0 saturated heterocycles.